The predicted octanol–water partition coefficient (Wildman–Crippen LogP) is 4.04. The molecule has 0 aliphatic carbocycles. The van der Waals surface area contributed by atoms with Crippen molar-refractivity contribution >= 4 is 11.6 Å². The second-order valence-electron chi connectivity index (χ2n) is 5.37. The monoisotopic (exact) mass is 312 g/mol. The van der Waals surface area contributed by atoms with Gasteiger partial charge in [0.25, 0.3) is 5.91 Å². The van der Waals surface area contributed by atoms with E-state index in [1.165, 1.54) is 0 Å². The first kappa shape index (κ1) is 15.5. The van der Waals surface area contributed by atoms with E-state index in [1.807, 2.05) is 67.6 Å². The number of amides is 1. The molecule has 0 saturated heterocycles. The van der Waals surface area contributed by atoms with Crippen LogP contribution < -0.4 is 5.32 Å². The van der Waals surface area contributed by atoms with E-state index in [1.54, 1.807) is 12.3 Å². The summed E-state index contributed by atoms with van der Waals surface area (Å²) in [5.74, 6) is 5.94. The second kappa shape index (κ2) is 7.26. The Kier molecular flexibility index (Phi) is 4.69. The van der Waals surface area contributed by atoms with E-state index in [0.29, 0.717) is 16.9 Å². The van der Waals surface area contributed by atoms with Gasteiger partial charge in [-0.25, -0.2) is 4.98 Å². The van der Waals surface area contributed by atoms with Crippen LogP contribution in [0.15, 0.2) is 72.9 Å². The van der Waals surface area contributed by atoms with Crippen LogP contribution in [0.4, 0.5) is 5.69 Å². The summed E-state index contributed by atoms with van der Waals surface area (Å²) in [7, 11) is 0. The summed E-state index contributed by atoms with van der Waals surface area (Å²) in [6.07, 6.45) is 1.71. The van der Waals surface area contributed by atoms with E-state index < -0.39 is 0 Å². The highest BCUT2D eigenvalue weighted by Crippen LogP contribution is 2.12. The van der Waals surface area contributed by atoms with Crippen LogP contribution in [-0.4, -0.2) is 10.9 Å². The minimum Gasteiger partial charge on any atom is -0.322 e. The Morgan fingerprint density at radius 2 is 1.83 bits per heavy atom. The Morgan fingerprint density at radius 1 is 0.958 bits per heavy atom. The van der Waals surface area contributed by atoms with E-state index in [0.717, 1.165) is 11.1 Å². The SMILES string of the molecule is Cc1cccc(C(=O)Nc2cccc(C#Cc3ccccn3)c2)c1. The van der Waals surface area contributed by atoms with Crippen molar-refractivity contribution in [3.8, 4) is 11.8 Å². The van der Waals surface area contributed by atoms with Gasteiger partial charge in [-0.15, -0.1) is 0 Å². The van der Waals surface area contributed by atoms with Crippen molar-refractivity contribution in [1.82, 2.24) is 4.98 Å². The number of hydrogen-bond acceptors (Lipinski definition) is 2. The van der Waals surface area contributed by atoms with Crippen LogP contribution in [-0.2, 0) is 0 Å². The van der Waals surface area contributed by atoms with E-state index >= 15 is 0 Å². The van der Waals surface area contributed by atoms with Gasteiger partial charge in [-0.2, -0.15) is 0 Å². The summed E-state index contributed by atoms with van der Waals surface area (Å²) in [5.41, 5.74) is 3.95. The maximum atomic E-state index is 12.3. The van der Waals surface area contributed by atoms with Crippen molar-refractivity contribution in [1.29, 1.82) is 0 Å². The van der Waals surface area contributed by atoms with Crippen molar-refractivity contribution < 1.29 is 4.79 Å². The third kappa shape index (κ3) is 4.08. The number of nitrogens with one attached hydrogen (secondary N) is 1. The number of nitrogens with zero attached hydrogens (tertiary/aromatic N) is 1. The highest BCUT2D eigenvalue weighted by molar-refractivity contribution is 6.04. The van der Waals surface area contributed by atoms with Crippen LogP contribution in [0.3, 0.4) is 0 Å². The van der Waals surface area contributed by atoms with E-state index in [2.05, 4.69) is 22.1 Å². The van der Waals surface area contributed by atoms with Crippen molar-refractivity contribution in [2.24, 2.45) is 0 Å². The number of pyridine rings is 1. The molecule has 1 heterocycles. The van der Waals surface area contributed by atoms with Crippen molar-refractivity contribution in [2.75, 3.05) is 5.32 Å². The van der Waals surface area contributed by atoms with Gasteiger partial charge in [-0.3, -0.25) is 4.79 Å². The van der Waals surface area contributed by atoms with Gasteiger partial charge in [0.15, 0.2) is 0 Å². The first-order chi connectivity index (χ1) is 11.7. The zero-order valence-corrected chi connectivity index (χ0v) is 13.3. The van der Waals surface area contributed by atoms with E-state index in [9.17, 15) is 4.79 Å². The van der Waals surface area contributed by atoms with Crippen LogP contribution in [0.5, 0.6) is 0 Å². The van der Waals surface area contributed by atoms with Gasteiger partial charge >= 0.3 is 0 Å². The van der Waals surface area contributed by atoms with Crippen molar-refractivity contribution in [3.05, 3.63) is 95.3 Å². The first-order valence-corrected chi connectivity index (χ1v) is 7.62. The number of anilines is 1. The third-order valence-electron chi connectivity index (χ3n) is 3.40. The topological polar surface area (TPSA) is 42.0 Å². The van der Waals surface area contributed by atoms with E-state index in [-0.39, 0.29) is 5.91 Å². The number of carbonyl (C=O) groups is 1. The fourth-order valence-corrected chi connectivity index (χ4v) is 2.24. The first-order valence-electron chi connectivity index (χ1n) is 7.62. The van der Waals surface area contributed by atoms with Gasteiger partial charge in [-0.1, -0.05) is 35.7 Å². The molecule has 116 valence electrons. The number of carbonyl (C=O) groups excluding carboxylic acids is 1. The molecule has 1 aromatic heterocycles. The molecule has 0 atom stereocenters. The quantitative estimate of drug-likeness (QED) is 0.726. The van der Waals surface area contributed by atoms with Crippen molar-refractivity contribution in [2.45, 2.75) is 6.92 Å². The fraction of sp³-hybridized carbons (Fsp3) is 0.0476. The molecule has 3 nitrogen and oxygen atoms in total. The zero-order chi connectivity index (χ0) is 16.8. The molecular weight excluding hydrogens is 296 g/mol. The molecule has 0 radical (unpaired) electrons. The predicted molar refractivity (Wildman–Crippen MR) is 95.8 cm³/mol. The number of hydrogen-bond donors (Lipinski definition) is 1. The maximum absolute atomic E-state index is 12.3. The molecule has 0 aliphatic rings. The highest BCUT2D eigenvalue weighted by Gasteiger charge is 2.06. The summed E-state index contributed by atoms with van der Waals surface area (Å²) in [5, 5.41) is 2.90. The number of aryl methyl sites for hydroxylation is 1. The average Bonchev–Trinajstić information content (AvgIpc) is 2.61. The number of aromatic nitrogens is 1. The number of benzene rings is 2. The largest absolute Gasteiger partial charge is 0.322 e. The second-order valence-corrected chi connectivity index (χ2v) is 5.37. The average molecular weight is 312 g/mol. The lowest BCUT2D eigenvalue weighted by molar-refractivity contribution is 0.102. The van der Waals surface area contributed by atoms with Gasteiger partial charge in [0.05, 0.1) is 0 Å². The molecule has 24 heavy (non-hydrogen) atoms. The minimum absolute atomic E-state index is 0.131. The highest BCUT2D eigenvalue weighted by atomic mass is 16.1. The molecule has 1 amide bonds. The Morgan fingerprint density at radius 3 is 2.62 bits per heavy atom. The Bertz CT molecular complexity index is 921. The summed E-state index contributed by atoms with van der Waals surface area (Å²) in [6.45, 7) is 1.96. The Labute approximate surface area is 141 Å². The zero-order valence-electron chi connectivity index (χ0n) is 13.3. The maximum Gasteiger partial charge on any atom is 0.255 e. The molecule has 3 rings (SSSR count). The molecule has 0 aliphatic heterocycles. The number of rotatable bonds is 2. The van der Waals surface area contributed by atoms with Crippen LogP contribution in [0.2, 0.25) is 0 Å². The van der Waals surface area contributed by atoms with Gasteiger partial charge in [-0.05, 0) is 55.3 Å². The Balaban J connectivity index is 1.76. The molecule has 3 aromatic rings. The normalized spacial score (nSPS) is 9.71. The molecule has 1 N–H and O–H groups in total. The molecule has 0 saturated carbocycles. The van der Waals surface area contributed by atoms with Gasteiger partial charge in [0, 0.05) is 23.0 Å². The standard InChI is InChI=1S/C21H16N2O/c1-16-6-4-8-18(14-16)21(24)23-20-10-5-7-17(15-20)11-12-19-9-2-3-13-22-19/h2-10,13-15H,1H3,(H,23,24). The molecule has 0 unspecified atom stereocenters. The fourth-order valence-electron chi connectivity index (χ4n) is 2.24. The van der Waals surface area contributed by atoms with Crippen LogP contribution in [0.1, 0.15) is 27.2 Å². The molecule has 0 bridgehead atoms. The third-order valence-corrected chi connectivity index (χ3v) is 3.40. The Hall–Kier alpha value is -3.38. The smallest absolute Gasteiger partial charge is 0.255 e. The van der Waals surface area contributed by atoms with Gasteiger partial charge < -0.3 is 5.32 Å². The van der Waals surface area contributed by atoms with E-state index in [4.69, 9.17) is 0 Å². The lowest BCUT2D eigenvalue weighted by atomic mass is 10.1. The lowest BCUT2D eigenvalue weighted by Crippen LogP contribution is -2.11. The van der Waals surface area contributed by atoms with Gasteiger partial charge in [0.2, 0.25) is 0 Å². The molecule has 0 fully saturated rings. The summed E-state index contributed by atoms with van der Waals surface area (Å²) in [4.78, 5) is 16.5. The molecule has 0 spiro atoms. The molecule has 3 heteroatoms. The summed E-state index contributed by atoms with van der Waals surface area (Å²) < 4.78 is 0. The minimum atomic E-state index is -0.131. The van der Waals surface area contributed by atoms with Crippen LogP contribution in [0, 0.1) is 18.8 Å². The molecular formula is C21H16N2O. The van der Waals surface area contributed by atoms with Crippen LogP contribution >= 0.6 is 0 Å². The lowest BCUT2D eigenvalue weighted by Gasteiger charge is -2.06. The van der Waals surface area contributed by atoms with Crippen molar-refractivity contribution in [3.63, 3.8) is 0 Å². The molecule has 2 aromatic carbocycles. The summed E-state index contributed by atoms with van der Waals surface area (Å²) in [6, 6.07) is 20.6. The van der Waals surface area contributed by atoms with Crippen LogP contribution in [0.25, 0.3) is 0 Å². The summed E-state index contributed by atoms with van der Waals surface area (Å²) >= 11 is 0. The van der Waals surface area contributed by atoms with Gasteiger partial charge in [0.1, 0.15) is 5.69 Å².